The molecule has 0 aliphatic heterocycles. The molecule has 12 heteroatoms. The van der Waals surface area contributed by atoms with Crippen LogP contribution in [-0.4, -0.2) is 5.43 Å². The summed E-state index contributed by atoms with van der Waals surface area (Å²) in [6.07, 6.45) is -8.67. The number of hydrogen-bond donors (Lipinski definition) is 0. The van der Waals surface area contributed by atoms with Crippen LogP contribution in [0.5, 0.6) is 0 Å². The van der Waals surface area contributed by atoms with Gasteiger partial charge in [0.1, 0.15) is 0 Å². The van der Waals surface area contributed by atoms with Gasteiger partial charge in [-0.25, -0.2) is 0 Å². The van der Waals surface area contributed by atoms with Gasteiger partial charge in [-0.2, -0.15) is 26.3 Å². The van der Waals surface area contributed by atoms with Crippen LogP contribution in [0.1, 0.15) is 44.9 Å². The van der Waals surface area contributed by atoms with E-state index in [1.807, 2.05) is 77.9 Å². The second-order valence-electron chi connectivity index (χ2n) is 14.9. The summed E-state index contributed by atoms with van der Waals surface area (Å²) >= 11 is 1.74. The molecule has 2 nitrogen and oxygen atoms in total. The summed E-state index contributed by atoms with van der Waals surface area (Å²) in [4.78, 5) is 0. The van der Waals surface area contributed by atoms with E-state index in [9.17, 15) is 26.3 Å². The van der Waals surface area contributed by atoms with Crippen molar-refractivity contribution in [3.05, 3.63) is 154 Å². The Balaban J connectivity index is 0.000000236. The van der Waals surface area contributed by atoms with Crippen LogP contribution in [0.2, 0.25) is 13.1 Å². The summed E-state index contributed by atoms with van der Waals surface area (Å²) in [6, 6.07) is 30.9. The molecule has 0 amide bonds. The van der Waals surface area contributed by atoms with E-state index in [1.54, 1.807) is 47.6 Å². The van der Waals surface area contributed by atoms with Gasteiger partial charge in [-0.15, -0.1) is 82.8 Å². The van der Waals surface area contributed by atoms with Gasteiger partial charge in [0.2, 0.25) is 0 Å². The maximum Gasteiger partial charge on any atom is 0.416 e. The van der Waals surface area contributed by atoms with E-state index in [1.165, 1.54) is 0 Å². The third-order valence-corrected chi connectivity index (χ3v) is 10.1. The second-order valence-corrected chi connectivity index (χ2v) is 24.2. The zero-order valence-electron chi connectivity index (χ0n) is 34.3. The van der Waals surface area contributed by atoms with Crippen LogP contribution in [0.4, 0.5) is 26.3 Å². The van der Waals surface area contributed by atoms with Gasteiger partial charge in [-0.05, 0) is 112 Å². The monoisotopic (exact) mass is 954 g/mol. The Labute approximate surface area is 373 Å². The molecule has 8 aromatic rings. The van der Waals surface area contributed by atoms with Gasteiger partial charge in [0.05, 0.1) is 34.2 Å². The van der Waals surface area contributed by atoms with E-state index in [4.69, 9.17) is 8.83 Å². The van der Waals surface area contributed by atoms with Crippen molar-refractivity contribution in [3.8, 4) is 44.9 Å². The largest absolute Gasteiger partial charge is 0.496 e. The minimum absolute atomic E-state index is 0. The van der Waals surface area contributed by atoms with Crippen LogP contribution in [0, 0.1) is 41.5 Å². The molecule has 0 aliphatic rings. The minimum atomic E-state index is -4.33. The van der Waals surface area contributed by atoms with Crippen molar-refractivity contribution >= 4 is 51.8 Å². The molecule has 0 aliphatic carbocycles. The van der Waals surface area contributed by atoms with Crippen molar-refractivity contribution in [3.63, 3.8) is 0 Å². The third kappa shape index (κ3) is 10.9. The van der Waals surface area contributed by atoms with Gasteiger partial charge < -0.3 is 8.83 Å². The molecule has 0 atom stereocenters. The van der Waals surface area contributed by atoms with Crippen LogP contribution in [0.25, 0.3) is 66.4 Å². The van der Waals surface area contributed by atoms with E-state index in [0.29, 0.717) is 0 Å². The number of furan rings is 2. The fourth-order valence-corrected chi connectivity index (χ4v) is 7.06. The topological polar surface area (TPSA) is 26.3 Å². The number of hydrogen-bond acceptors (Lipinski definition) is 2. The summed E-state index contributed by atoms with van der Waals surface area (Å²) in [5, 5.41) is 4.14. The van der Waals surface area contributed by atoms with E-state index in [-0.39, 0.29) is 30.2 Å². The Hall–Kier alpha value is -4.08. The van der Waals surface area contributed by atoms with Gasteiger partial charge in [0, 0.05) is 0 Å². The predicted molar refractivity (Wildman–Crippen MR) is 236 cm³/mol. The predicted octanol–water partition coefficient (Wildman–Crippen LogP) is 16.5. The first kappa shape index (κ1) is 48.6. The first-order chi connectivity index (χ1) is 27.2. The quantitative estimate of drug-likeness (QED) is 0.0998. The maximum absolute atomic E-state index is 12.9. The van der Waals surface area contributed by atoms with Crippen molar-refractivity contribution in [2.24, 2.45) is 0 Å². The van der Waals surface area contributed by atoms with Crippen LogP contribution >= 0.6 is 24.8 Å². The minimum Gasteiger partial charge on any atom is -0.496 e. The van der Waals surface area contributed by atoms with E-state index in [0.717, 1.165) is 124 Å². The zero-order chi connectivity index (χ0) is 42.3. The van der Waals surface area contributed by atoms with Crippen molar-refractivity contribution in [2.75, 3.05) is 0 Å². The van der Waals surface area contributed by atoms with Crippen LogP contribution in [0.3, 0.4) is 0 Å². The zero-order valence-corrected chi connectivity index (χ0v) is 39.4. The van der Waals surface area contributed by atoms with Crippen LogP contribution < -0.4 is 0 Å². The molecular formula is C48H44Cl2F6O2SiZr. The molecule has 0 bridgehead atoms. The van der Waals surface area contributed by atoms with Crippen LogP contribution in [-0.2, 0) is 35.7 Å². The molecule has 0 saturated carbocycles. The van der Waals surface area contributed by atoms with Crippen molar-refractivity contribution < 1.29 is 58.5 Å². The molecule has 0 radical (unpaired) electrons. The van der Waals surface area contributed by atoms with Gasteiger partial charge in [-0.1, -0.05) is 57.6 Å². The normalized spacial score (nSPS) is 11.3. The molecule has 6 aromatic carbocycles. The van der Waals surface area contributed by atoms with Gasteiger partial charge in [-0.3, -0.25) is 0 Å². The van der Waals surface area contributed by atoms with Crippen molar-refractivity contribution in [2.45, 2.75) is 67.0 Å². The van der Waals surface area contributed by atoms with E-state index < -0.39 is 23.5 Å². The second kappa shape index (κ2) is 19.3. The average molecular weight is 957 g/mol. The number of benzene rings is 4. The molecule has 312 valence electrons. The number of aryl methyl sites for hydroxylation is 4. The van der Waals surface area contributed by atoms with E-state index >= 15 is 0 Å². The molecule has 2 aromatic heterocycles. The molecular weight excluding hydrogens is 913 g/mol. The SMILES string of the molecule is C[Si](C)=[Zr+2].Cc1ccc(-c2cc3c(-c4ccc(C(F)(F)F)cc4)c(C)c(C)cc3[cH-]2)o1.Cc1ccc(-c2cc3c(-c4ccc(C(F)(F)F)cc4)c(C)c(C)cc3[cH-]2)o1.Cl.Cl. The van der Waals surface area contributed by atoms with Gasteiger partial charge in [0.25, 0.3) is 0 Å². The average Bonchev–Trinajstić information content (AvgIpc) is 3.96. The van der Waals surface area contributed by atoms with Gasteiger partial charge in [0.15, 0.2) is 0 Å². The first-order valence-electron chi connectivity index (χ1n) is 18.6. The smallest absolute Gasteiger partial charge is 0.416 e. The van der Waals surface area contributed by atoms with Crippen molar-refractivity contribution in [1.82, 2.24) is 0 Å². The van der Waals surface area contributed by atoms with Crippen molar-refractivity contribution in [1.29, 1.82) is 0 Å². The standard InChI is InChI=1S/2C23H18F3O.C2H6Si.2ClH.Zr/c2*1-13-10-17-11-18(21-9-4-14(2)27-21)12-20(17)22(15(13)3)16-5-7-19(8-6-16)23(24,25)26;1-3-2;;;/h2*4-12H,1-3H3;1-2H3;2*1H;/q2*-1;;;;+2. The fourth-order valence-electron chi connectivity index (χ4n) is 7.06. The number of fused-ring (bicyclic) bond motifs is 2. The molecule has 0 N–H and O–H groups in total. The Morgan fingerprint density at radius 2 is 0.817 bits per heavy atom. The maximum atomic E-state index is 12.9. The fraction of sp³-hybridized carbons (Fsp3) is 0.208. The molecule has 0 spiro atoms. The Bertz CT molecular complexity index is 2560. The molecule has 60 heavy (non-hydrogen) atoms. The Morgan fingerprint density at radius 1 is 0.500 bits per heavy atom. The molecule has 8 rings (SSSR count). The molecule has 0 fully saturated rings. The summed E-state index contributed by atoms with van der Waals surface area (Å²) in [6.45, 7) is 16.5. The number of rotatable bonds is 4. The number of alkyl halides is 6. The Morgan fingerprint density at radius 3 is 1.08 bits per heavy atom. The molecule has 0 unspecified atom stereocenters. The van der Waals surface area contributed by atoms with Gasteiger partial charge >= 0.3 is 54.2 Å². The molecule has 0 saturated heterocycles. The first-order valence-corrected chi connectivity index (χ1v) is 24.8. The summed E-state index contributed by atoms with van der Waals surface area (Å²) < 4.78 is 88.9. The van der Waals surface area contributed by atoms with E-state index in [2.05, 4.69) is 37.4 Å². The van der Waals surface area contributed by atoms with Crippen LogP contribution in [0.15, 0.2) is 118 Å². The summed E-state index contributed by atoms with van der Waals surface area (Å²) in [5.41, 5.74) is 8.70. The Kier molecular flexibility index (Phi) is 15.6. The molecule has 2 heterocycles. The summed E-state index contributed by atoms with van der Waals surface area (Å²) in [5.74, 6) is 3.26. The summed E-state index contributed by atoms with van der Waals surface area (Å²) in [7, 11) is 0. The third-order valence-electron chi connectivity index (χ3n) is 10.1. The number of halogens is 8.